The fourth-order valence-electron chi connectivity index (χ4n) is 3.58. The van der Waals surface area contributed by atoms with Gasteiger partial charge < -0.3 is 9.47 Å². The first-order chi connectivity index (χ1) is 15.4. The van der Waals surface area contributed by atoms with Gasteiger partial charge in [-0.05, 0) is 48.0 Å². The molecule has 1 aliphatic heterocycles. The summed E-state index contributed by atoms with van der Waals surface area (Å²) in [5.74, 6) is 1.19. The Labute approximate surface area is 180 Å². The van der Waals surface area contributed by atoms with E-state index in [4.69, 9.17) is 9.47 Å². The number of benzene rings is 2. The molecule has 1 aliphatic rings. The van der Waals surface area contributed by atoms with Crippen LogP contribution in [0.1, 0.15) is 16.8 Å². The summed E-state index contributed by atoms with van der Waals surface area (Å²) in [6.07, 6.45) is 0.496. The van der Waals surface area contributed by atoms with E-state index < -0.39 is 11.7 Å². The summed E-state index contributed by atoms with van der Waals surface area (Å²) in [6, 6.07) is 15.0. The van der Waals surface area contributed by atoms with Gasteiger partial charge in [-0.25, -0.2) is 4.98 Å². The van der Waals surface area contributed by atoms with Gasteiger partial charge in [0.05, 0.1) is 16.8 Å². The second-order valence-corrected chi connectivity index (χ2v) is 7.10. The van der Waals surface area contributed by atoms with Crippen molar-refractivity contribution in [1.29, 1.82) is 0 Å². The van der Waals surface area contributed by atoms with Crippen LogP contribution in [0.3, 0.4) is 0 Å². The molecule has 4 aromatic rings. The van der Waals surface area contributed by atoms with Crippen molar-refractivity contribution in [2.24, 2.45) is 0 Å². The first-order valence-electron chi connectivity index (χ1n) is 9.67. The van der Waals surface area contributed by atoms with E-state index in [1.165, 1.54) is 16.5 Å². The minimum atomic E-state index is -4.46. The number of nitrogens with zero attached hydrogens (tertiary/aromatic N) is 2. The molecule has 8 heteroatoms. The quantitative estimate of drug-likeness (QED) is 0.439. The van der Waals surface area contributed by atoms with E-state index in [0.29, 0.717) is 28.4 Å². The molecule has 0 saturated heterocycles. The number of hydrogen-bond donors (Lipinski definition) is 0. The van der Waals surface area contributed by atoms with Crippen molar-refractivity contribution in [3.8, 4) is 22.6 Å². The van der Waals surface area contributed by atoms with Crippen LogP contribution in [0, 0.1) is 0 Å². The number of aromatic nitrogens is 2. The first-order valence-corrected chi connectivity index (χ1v) is 9.67. The highest BCUT2D eigenvalue weighted by atomic mass is 19.4. The van der Waals surface area contributed by atoms with E-state index in [-0.39, 0.29) is 17.9 Å². The van der Waals surface area contributed by atoms with Crippen LogP contribution in [0.5, 0.6) is 11.5 Å². The molecule has 0 spiro atoms. The zero-order valence-corrected chi connectivity index (χ0v) is 16.5. The highest BCUT2D eigenvalue weighted by molar-refractivity contribution is 5.81. The van der Waals surface area contributed by atoms with Crippen molar-refractivity contribution >= 4 is 17.8 Å². The Morgan fingerprint density at radius 3 is 2.53 bits per heavy atom. The van der Waals surface area contributed by atoms with E-state index in [0.717, 1.165) is 17.7 Å². The summed E-state index contributed by atoms with van der Waals surface area (Å²) in [6.45, 7) is 0.118. The summed E-state index contributed by atoms with van der Waals surface area (Å²) in [7, 11) is 0. The van der Waals surface area contributed by atoms with Crippen molar-refractivity contribution in [1.82, 2.24) is 9.38 Å². The Hall–Kier alpha value is -4.07. The van der Waals surface area contributed by atoms with E-state index in [1.54, 1.807) is 42.6 Å². The van der Waals surface area contributed by atoms with Gasteiger partial charge in [-0.3, -0.25) is 9.20 Å². The molecule has 0 atom stereocenters. The van der Waals surface area contributed by atoms with Gasteiger partial charge in [-0.1, -0.05) is 30.3 Å². The molecule has 5 rings (SSSR count). The van der Waals surface area contributed by atoms with Crippen LogP contribution in [-0.2, 0) is 6.18 Å². The largest absolute Gasteiger partial charge is 0.454 e. The summed E-state index contributed by atoms with van der Waals surface area (Å²) < 4.78 is 51.2. The van der Waals surface area contributed by atoms with Crippen molar-refractivity contribution in [3.63, 3.8) is 0 Å². The second kappa shape index (κ2) is 7.56. The Morgan fingerprint density at radius 1 is 0.938 bits per heavy atom. The predicted octanol–water partition coefficient (Wildman–Crippen LogP) is 5.28. The Kier molecular flexibility index (Phi) is 4.70. The molecule has 32 heavy (non-hydrogen) atoms. The normalized spacial score (nSPS) is 13.2. The van der Waals surface area contributed by atoms with Crippen LogP contribution in [0.4, 0.5) is 13.2 Å². The van der Waals surface area contributed by atoms with Gasteiger partial charge in [0.15, 0.2) is 11.5 Å². The van der Waals surface area contributed by atoms with Gasteiger partial charge in [-0.15, -0.1) is 0 Å². The third-order valence-corrected chi connectivity index (χ3v) is 5.11. The molecule has 3 heterocycles. The molecule has 0 fully saturated rings. The summed E-state index contributed by atoms with van der Waals surface area (Å²) in [5, 5.41) is 0. The average Bonchev–Trinajstić information content (AvgIpc) is 3.27. The minimum Gasteiger partial charge on any atom is -0.454 e. The maximum atomic E-state index is 13.3. The van der Waals surface area contributed by atoms with Crippen molar-refractivity contribution in [2.75, 3.05) is 6.79 Å². The smallest absolute Gasteiger partial charge is 0.416 e. The molecule has 0 N–H and O–H groups in total. The molecule has 0 aliphatic carbocycles. The minimum absolute atomic E-state index is 0.118. The molecule has 2 aromatic carbocycles. The number of pyridine rings is 1. The van der Waals surface area contributed by atoms with Gasteiger partial charge in [0, 0.05) is 11.8 Å². The second-order valence-electron chi connectivity index (χ2n) is 7.10. The molecule has 0 bridgehead atoms. The zero-order valence-electron chi connectivity index (χ0n) is 16.5. The SMILES string of the molecule is O=c1c(-c2ccc(C(F)(F)F)cc2)c(/C=C/c2cccc3c2OCO3)nc2ccccn12. The van der Waals surface area contributed by atoms with Gasteiger partial charge in [-0.2, -0.15) is 13.2 Å². The lowest BCUT2D eigenvalue weighted by Gasteiger charge is -2.11. The molecular weight excluding hydrogens is 421 g/mol. The molecule has 5 nitrogen and oxygen atoms in total. The average molecular weight is 436 g/mol. The van der Waals surface area contributed by atoms with E-state index in [9.17, 15) is 18.0 Å². The Bertz CT molecular complexity index is 1410. The van der Waals surface area contributed by atoms with Crippen LogP contribution in [0.25, 0.3) is 28.9 Å². The molecule has 0 unspecified atom stereocenters. The molecule has 2 aromatic heterocycles. The van der Waals surface area contributed by atoms with E-state index >= 15 is 0 Å². The number of fused-ring (bicyclic) bond motifs is 2. The number of rotatable bonds is 3. The van der Waals surface area contributed by atoms with Crippen molar-refractivity contribution in [3.05, 3.63) is 94.0 Å². The topological polar surface area (TPSA) is 52.8 Å². The standard InChI is InChI=1S/C24H15F3N2O3/c25-24(26,27)17-10-7-15(8-11-17)21-18(28-20-6-1-2-13-29(20)23(21)30)12-9-16-4-3-5-19-22(16)32-14-31-19/h1-13H,14H2/b12-9+. The summed E-state index contributed by atoms with van der Waals surface area (Å²) in [4.78, 5) is 17.8. The van der Waals surface area contributed by atoms with Crippen molar-refractivity contribution in [2.45, 2.75) is 6.18 Å². The molecule has 0 saturated carbocycles. The number of hydrogen-bond acceptors (Lipinski definition) is 4. The van der Waals surface area contributed by atoms with Crippen LogP contribution in [0.2, 0.25) is 0 Å². The van der Waals surface area contributed by atoms with Gasteiger partial charge in [0.25, 0.3) is 5.56 Å². The molecular formula is C24H15F3N2O3. The third kappa shape index (κ3) is 3.49. The molecule has 0 radical (unpaired) electrons. The monoisotopic (exact) mass is 436 g/mol. The van der Waals surface area contributed by atoms with E-state index in [1.807, 2.05) is 12.1 Å². The fourth-order valence-corrected chi connectivity index (χ4v) is 3.58. The lowest BCUT2D eigenvalue weighted by Crippen LogP contribution is -2.18. The highest BCUT2D eigenvalue weighted by Gasteiger charge is 2.30. The maximum absolute atomic E-state index is 13.3. The third-order valence-electron chi connectivity index (χ3n) is 5.11. The molecule has 0 amide bonds. The van der Waals surface area contributed by atoms with Crippen LogP contribution < -0.4 is 15.0 Å². The van der Waals surface area contributed by atoms with Gasteiger partial charge in [0.1, 0.15) is 5.65 Å². The van der Waals surface area contributed by atoms with Gasteiger partial charge in [0.2, 0.25) is 6.79 Å². The van der Waals surface area contributed by atoms with Gasteiger partial charge >= 0.3 is 6.18 Å². The number of alkyl halides is 3. The van der Waals surface area contributed by atoms with Crippen LogP contribution >= 0.6 is 0 Å². The van der Waals surface area contributed by atoms with Crippen LogP contribution in [0.15, 0.2) is 71.7 Å². The lowest BCUT2D eigenvalue weighted by atomic mass is 10.0. The first kappa shape index (κ1) is 19.9. The number of ether oxygens (including phenoxy) is 2. The maximum Gasteiger partial charge on any atom is 0.416 e. The predicted molar refractivity (Wildman–Crippen MR) is 113 cm³/mol. The van der Waals surface area contributed by atoms with Crippen molar-refractivity contribution < 1.29 is 22.6 Å². The van der Waals surface area contributed by atoms with Crippen LogP contribution in [-0.4, -0.2) is 16.2 Å². The highest BCUT2D eigenvalue weighted by Crippen LogP contribution is 2.36. The Morgan fingerprint density at radius 2 is 1.75 bits per heavy atom. The zero-order chi connectivity index (χ0) is 22.3. The summed E-state index contributed by atoms with van der Waals surface area (Å²) in [5.41, 5.74) is 0.850. The number of para-hydroxylation sites is 1. The fraction of sp³-hybridized carbons (Fsp3) is 0.0833. The molecule has 160 valence electrons. The Balaban J connectivity index is 1.67. The van der Waals surface area contributed by atoms with E-state index in [2.05, 4.69) is 4.98 Å². The summed E-state index contributed by atoms with van der Waals surface area (Å²) >= 11 is 0. The lowest BCUT2D eigenvalue weighted by molar-refractivity contribution is -0.137. The number of halogens is 3.